The summed E-state index contributed by atoms with van der Waals surface area (Å²) in [6, 6.07) is 12.7. The van der Waals surface area contributed by atoms with Crippen LogP contribution in [-0.4, -0.2) is 16.6 Å². The normalized spacial score (nSPS) is 12.1. The van der Waals surface area contributed by atoms with Crippen molar-refractivity contribution in [2.24, 2.45) is 0 Å². The Morgan fingerprint density at radius 3 is 2.65 bits per heavy atom. The molecule has 0 fully saturated rings. The van der Waals surface area contributed by atoms with Crippen molar-refractivity contribution in [1.82, 2.24) is 4.98 Å². The van der Waals surface area contributed by atoms with Crippen LogP contribution in [-0.2, 0) is 0 Å². The lowest BCUT2D eigenvalue weighted by Crippen LogP contribution is -2.18. The Hall–Kier alpha value is -2.07. The number of aromatic nitrogens is 1. The van der Waals surface area contributed by atoms with Crippen molar-refractivity contribution in [1.29, 1.82) is 0 Å². The molecule has 88 valence electrons. The van der Waals surface area contributed by atoms with Crippen LogP contribution in [0.15, 0.2) is 53.5 Å². The second kappa shape index (κ2) is 5.32. The number of hydrogen-bond donors (Lipinski definition) is 3. The summed E-state index contributed by atoms with van der Waals surface area (Å²) >= 11 is 0. The minimum atomic E-state index is -0.629. The van der Waals surface area contributed by atoms with Gasteiger partial charge in [-0.15, -0.1) is 0 Å². The van der Waals surface area contributed by atoms with Crippen molar-refractivity contribution >= 4 is 5.69 Å². The zero-order valence-electron chi connectivity index (χ0n) is 9.26. The van der Waals surface area contributed by atoms with Gasteiger partial charge in [0, 0.05) is 12.7 Å². The number of aliphatic hydroxyl groups excluding tert-OH is 1. The number of nitrogens with one attached hydrogen (secondary N) is 2. The molecule has 0 unspecified atom stereocenters. The van der Waals surface area contributed by atoms with Gasteiger partial charge in [-0.2, -0.15) is 0 Å². The van der Waals surface area contributed by atoms with Gasteiger partial charge in [-0.1, -0.05) is 30.3 Å². The molecule has 0 amide bonds. The van der Waals surface area contributed by atoms with E-state index >= 15 is 0 Å². The summed E-state index contributed by atoms with van der Waals surface area (Å²) in [5.41, 5.74) is 1.10. The first-order chi connectivity index (χ1) is 8.27. The van der Waals surface area contributed by atoms with Gasteiger partial charge in [-0.25, -0.2) is 0 Å². The molecule has 0 bridgehead atoms. The van der Waals surface area contributed by atoms with Crippen molar-refractivity contribution in [3.05, 3.63) is 64.6 Å². The third-order valence-electron chi connectivity index (χ3n) is 2.49. The fourth-order valence-corrected chi connectivity index (χ4v) is 1.56. The summed E-state index contributed by atoms with van der Waals surface area (Å²) < 4.78 is 0. The van der Waals surface area contributed by atoms with Crippen LogP contribution in [0.1, 0.15) is 11.7 Å². The number of aromatic amines is 1. The van der Waals surface area contributed by atoms with Crippen LogP contribution in [0.3, 0.4) is 0 Å². The topological polar surface area (TPSA) is 65.1 Å². The Labute approximate surface area is 98.9 Å². The first-order valence-corrected chi connectivity index (χ1v) is 5.42. The molecule has 17 heavy (non-hydrogen) atoms. The second-order valence-electron chi connectivity index (χ2n) is 3.72. The number of anilines is 1. The maximum Gasteiger partial charge on any atom is 0.271 e. The third kappa shape index (κ3) is 2.95. The lowest BCUT2D eigenvalue weighted by Gasteiger charge is -2.12. The number of hydrogen-bond acceptors (Lipinski definition) is 3. The molecule has 3 N–H and O–H groups in total. The molecule has 2 rings (SSSR count). The molecule has 0 saturated carbocycles. The summed E-state index contributed by atoms with van der Waals surface area (Å²) in [6.07, 6.45) is 0.942. The van der Waals surface area contributed by atoms with Crippen LogP contribution >= 0.6 is 0 Å². The molecule has 0 spiro atoms. The molecule has 0 radical (unpaired) electrons. The smallest absolute Gasteiger partial charge is 0.271 e. The maximum atomic E-state index is 11.4. The van der Waals surface area contributed by atoms with E-state index in [-0.39, 0.29) is 5.56 Å². The van der Waals surface area contributed by atoms with Gasteiger partial charge in [0.25, 0.3) is 5.56 Å². The highest BCUT2D eigenvalue weighted by Gasteiger charge is 2.07. The van der Waals surface area contributed by atoms with Crippen LogP contribution in [0.2, 0.25) is 0 Å². The van der Waals surface area contributed by atoms with Crippen molar-refractivity contribution in [2.75, 3.05) is 11.9 Å². The molecule has 2 aromatic rings. The van der Waals surface area contributed by atoms with E-state index in [2.05, 4.69) is 10.3 Å². The Bertz CT molecular complexity index is 522. The van der Waals surface area contributed by atoms with E-state index in [0.29, 0.717) is 12.2 Å². The molecular weight excluding hydrogens is 216 g/mol. The Kier molecular flexibility index (Phi) is 3.57. The van der Waals surface area contributed by atoms with Crippen molar-refractivity contribution in [2.45, 2.75) is 6.10 Å². The van der Waals surface area contributed by atoms with Gasteiger partial charge >= 0.3 is 0 Å². The van der Waals surface area contributed by atoms with Gasteiger partial charge in [0.2, 0.25) is 0 Å². The van der Waals surface area contributed by atoms with Crippen molar-refractivity contribution in [3.8, 4) is 0 Å². The first kappa shape index (κ1) is 11.4. The first-order valence-electron chi connectivity index (χ1n) is 5.42. The van der Waals surface area contributed by atoms with Crippen molar-refractivity contribution in [3.63, 3.8) is 0 Å². The summed E-state index contributed by atoms with van der Waals surface area (Å²) in [6.45, 7) is 0.303. The summed E-state index contributed by atoms with van der Waals surface area (Å²) in [7, 11) is 0. The van der Waals surface area contributed by atoms with Crippen LogP contribution in [0.4, 0.5) is 5.69 Å². The Balaban J connectivity index is 2.00. The average Bonchev–Trinajstić information content (AvgIpc) is 2.38. The highest BCUT2D eigenvalue weighted by Crippen LogP contribution is 2.12. The maximum absolute atomic E-state index is 11.4. The lowest BCUT2D eigenvalue weighted by molar-refractivity contribution is 0.191. The minimum Gasteiger partial charge on any atom is -0.387 e. The predicted molar refractivity (Wildman–Crippen MR) is 67.0 cm³/mol. The highest BCUT2D eigenvalue weighted by molar-refractivity contribution is 5.40. The Morgan fingerprint density at radius 2 is 1.94 bits per heavy atom. The van der Waals surface area contributed by atoms with E-state index in [1.807, 2.05) is 30.3 Å². The van der Waals surface area contributed by atoms with E-state index in [1.54, 1.807) is 18.3 Å². The fourth-order valence-electron chi connectivity index (χ4n) is 1.56. The van der Waals surface area contributed by atoms with Gasteiger partial charge in [0.1, 0.15) is 5.69 Å². The van der Waals surface area contributed by atoms with Crippen LogP contribution in [0.25, 0.3) is 0 Å². The largest absolute Gasteiger partial charge is 0.387 e. The molecule has 0 saturated heterocycles. The SMILES string of the molecule is O=c1[nH]cccc1NC[C@H](O)c1ccccc1. The molecule has 1 aromatic carbocycles. The van der Waals surface area contributed by atoms with Crippen LogP contribution < -0.4 is 10.9 Å². The molecule has 0 aliphatic carbocycles. The van der Waals surface area contributed by atoms with Crippen molar-refractivity contribution < 1.29 is 5.11 Å². The molecule has 1 atom stereocenters. The summed E-state index contributed by atoms with van der Waals surface area (Å²) in [4.78, 5) is 13.9. The zero-order valence-corrected chi connectivity index (χ0v) is 9.26. The Morgan fingerprint density at radius 1 is 1.18 bits per heavy atom. The summed E-state index contributed by atoms with van der Waals surface area (Å²) in [5.74, 6) is 0. The van der Waals surface area contributed by atoms with Gasteiger partial charge < -0.3 is 15.4 Å². The van der Waals surface area contributed by atoms with E-state index in [9.17, 15) is 9.90 Å². The average molecular weight is 230 g/mol. The van der Waals surface area contributed by atoms with E-state index < -0.39 is 6.10 Å². The minimum absolute atomic E-state index is 0.187. The molecule has 1 heterocycles. The van der Waals surface area contributed by atoms with Crippen LogP contribution in [0.5, 0.6) is 0 Å². The van der Waals surface area contributed by atoms with Gasteiger partial charge in [0.15, 0.2) is 0 Å². The molecule has 4 heteroatoms. The number of benzene rings is 1. The number of aliphatic hydroxyl groups is 1. The van der Waals surface area contributed by atoms with E-state index in [1.165, 1.54) is 0 Å². The molecular formula is C13H14N2O2. The molecule has 0 aliphatic rings. The number of H-pyrrole nitrogens is 1. The van der Waals surface area contributed by atoms with E-state index in [4.69, 9.17) is 0 Å². The third-order valence-corrected chi connectivity index (χ3v) is 2.49. The molecule has 4 nitrogen and oxygen atoms in total. The van der Waals surface area contributed by atoms with E-state index in [0.717, 1.165) is 5.56 Å². The predicted octanol–water partition coefficient (Wildman–Crippen LogP) is 1.52. The number of pyridine rings is 1. The second-order valence-corrected chi connectivity index (χ2v) is 3.72. The fraction of sp³-hybridized carbons (Fsp3) is 0.154. The van der Waals surface area contributed by atoms with Gasteiger partial charge in [0.05, 0.1) is 6.10 Å². The summed E-state index contributed by atoms with van der Waals surface area (Å²) in [5, 5.41) is 12.8. The van der Waals surface area contributed by atoms with Gasteiger partial charge in [-0.3, -0.25) is 4.79 Å². The van der Waals surface area contributed by atoms with Gasteiger partial charge in [-0.05, 0) is 17.7 Å². The molecule has 0 aliphatic heterocycles. The monoisotopic (exact) mass is 230 g/mol. The highest BCUT2D eigenvalue weighted by atomic mass is 16.3. The lowest BCUT2D eigenvalue weighted by atomic mass is 10.1. The zero-order chi connectivity index (χ0) is 12.1. The molecule has 1 aromatic heterocycles. The standard InChI is InChI=1S/C13H14N2O2/c16-12(10-5-2-1-3-6-10)9-15-11-7-4-8-14-13(11)17/h1-8,12,15-16H,9H2,(H,14,17)/t12-/m0/s1. The quantitative estimate of drug-likeness (QED) is 0.746. The van der Waals surface area contributed by atoms with Crippen LogP contribution in [0, 0.1) is 0 Å². The number of rotatable bonds is 4.